The van der Waals surface area contributed by atoms with Crippen LogP contribution in [0.4, 0.5) is 11.4 Å². The zero-order valence-corrected chi connectivity index (χ0v) is 21.2. The van der Waals surface area contributed by atoms with Gasteiger partial charge in [-0.05, 0) is 36.4 Å². The molecule has 2 aromatic carbocycles. The van der Waals surface area contributed by atoms with E-state index < -0.39 is 11.8 Å². The van der Waals surface area contributed by atoms with E-state index in [9.17, 15) is 19.2 Å². The lowest BCUT2D eigenvalue weighted by molar-refractivity contribution is -0.115. The van der Waals surface area contributed by atoms with Crippen LogP contribution in [0.3, 0.4) is 0 Å². The largest absolute Gasteiger partial charge is 0.290 e. The average Bonchev–Trinajstić information content (AvgIpc) is 3.52. The number of rotatable bonds is 6. The van der Waals surface area contributed by atoms with Crippen LogP contribution in [-0.4, -0.2) is 50.5 Å². The number of amidine groups is 2. The molecular formula is C25H19N7O4S2. The molecule has 0 atom stereocenters. The SMILES string of the molecule is O=C(N/N=C1\SCC(=O)N1c1ccccc1)c1cccc(C(=O)N/N=C2\SCC(=O)N2c2ccccc2)n1. The van der Waals surface area contributed by atoms with Crippen LogP contribution >= 0.6 is 23.5 Å². The maximum atomic E-state index is 12.7. The normalized spacial score (nSPS) is 17.4. The molecule has 0 radical (unpaired) electrons. The number of hydrogen-bond donors (Lipinski definition) is 2. The Morgan fingerprint density at radius 3 is 1.50 bits per heavy atom. The molecule has 0 unspecified atom stereocenters. The molecule has 2 N–H and O–H groups in total. The van der Waals surface area contributed by atoms with Gasteiger partial charge in [-0.25, -0.2) is 15.8 Å². The van der Waals surface area contributed by atoms with Gasteiger partial charge in [0.2, 0.25) is 11.8 Å². The quantitative estimate of drug-likeness (QED) is 0.455. The second-order valence-electron chi connectivity index (χ2n) is 7.79. The van der Waals surface area contributed by atoms with E-state index in [2.05, 4.69) is 26.0 Å². The number of hydrazone groups is 2. The van der Waals surface area contributed by atoms with Crippen LogP contribution in [0.2, 0.25) is 0 Å². The molecule has 3 aromatic rings. The van der Waals surface area contributed by atoms with E-state index in [1.54, 1.807) is 48.5 Å². The van der Waals surface area contributed by atoms with Crippen molar-refractivity contribution in [1.82, 2.24) is 15.8 Å². The third kappa shape index (κ3) is 5.43. The molecule has 0 aliphatic carbocycles. The van der Waals surface area contributed by atoms with Crippen molar-refractivity contribution in [2.24, 2.45) is 10.2 Å². The van der Waals surface area contributed by atoms with E-state index in [1.807, 2.05) is 12.1 Å². The number of hydrogen-bond acceptors (Lipinski definition) is 9. The fourth-order valence-corrected chi connectivity index (χ4v) is 5.21. The first-order valence-electron chi connectivity index (χ1n) is 11.3. The minimum absolute atomic E-state index is 0.0495. The second-order valence-corrected chi connectivity index (χ2v) is 9.67. The van der Waals surface area contributed by atoms with Crippen molar-refractivity contribution >= 4 is 68.9 Å². The predicted octanol–water partition coefficient (Wildman–Crippen LogP) is 2.64. The monoisotopic (exact) mass is 545 g/mol. The Balaban J connectivity index is 1.26. The highest BCUT2D eigenvalue weighted by Gasteiger charge is 2.31. The van der Waals surface area contributed by atoms with Gasteiger partial charge in [-0.1, -0.05) is 66.0 Å². The molecule has 0 bridgehead atoms. The molecule has 2 aliphatic rings. The standard InChI is InChI=1S/C25H19N7O4S2/c33-20-14-37-24(31(20)16-8-3-1-4-9-16)29-27-22(35)18-12-7-13-19(26-18)23(36)28-30-25-32(21(34)15-38-25)17-10-5-2-6-11-17/h1-13H,14-15H2,(H,27,35)(H,28,36)/b29-24-,30-25-. The number of thioether (sulfide) groups is 2. The molecular weight excluding hydrogens is 526 g/mol. The molecule has 5 rings (SSSR count). The molecule has 0 spiro atoms. The zero-order chi connectivity index (χ0) is 26.5. The fourth-order valence-electron chi connectivity index (χ4n) is 3.55. The minimum atomic E-state index is -0.654. The Morgan fingerprint density at radius 2 is 1.08 bits per heavy atom. The number of anilines is 2. The van der Waals surface area contributed by atoms with Crippen molar-refractivity contribution in [3.8, 4) is 0 Å². The Hall–Kier alpha value is -4.49. The summed E-state index contributed by atoms with van der Waals surface area (Å²) in [5.41, 5.74) is 5.98. The minimum Gasteiger partial charge on any atom is -0.273 e. The molecule has 0 saturated carbocycles. The van der Waals surface area contributed by atoms with E-state index in [4.69, 9.17) is 0 Å². The summed E-state index contributed by atoms with van der Waals surface area (Å²) in [6.45, 7) is 0. The summed E-state index contributed by atoms with van der Waals surface area (Å²) >= 11 is 2.40. The molecule has 190 valence electrons. The fraction of sp³-hybridized carbons (Fsp3) is 0.0800. The Labute approximate surface area is 225 Å². The molecule has 1 aromatic heterocycles. The van der Waals surface area contributed by atoms with Crippen molar-refractivity contribution in [2.45, 2.75) is 0 Å². The summed E-state index contributed by atoms with van der Waals surface area (Å²) in [7, 11) is 0. The van der Waals surface area contributed by atoms with Gasteiger partial charge in [0.1, 0.15) is 11.4 Å². The number of carbonyl (C=O) groups is 4. The van der Waals surface area contributed by atoms with E-state index >= 15 is 0 Å². The first kappa shape index (κ1) is 25.2. The van der Waals surface area contributed by atoms with Gasteiger partial charge in [0.05, 0.1) is 22.9 Å². The Morgan fingerprint density at radius 1 is 0.658 bits per heavy atom. The van der Waals surface area contributed by atoms with Crippen LogP contribution in [0.1, 0.15) is 21.0 Å². The van der Waals surface area contributed by atoms with Crippen molar-refractivity contribution in [3.05, 3.63) is 90.3 Å². The highest BCUT2D eigenvalue weighted by molar-refractivity contribution is 8.15. The van der Waals surface area contributed by atoms with Crippen LogP contribution in [-0.2, 0) is 9.59 Å². The first-order valence-corrected chi connectivity index (χ1v) is 13.2. The third-order valence-electron chi connectivity index (χ3n) is 5.28. The summed E-state index contributed by atoms with van der Waals surface area (Å²) in [5, 5.41) is 8.85. The number of nitrogens with zero attached hydrogens (tertiary/aromatic N) is 5. The molecule has 11 nitrogen and oxygen atoms in total. The predicted molar refractivity (Wildman–Crippen MR) is 147 cm³/mol. The molecule has 2 saturated heterocycles. The number of amides is 4. The van der Waals surface area contributed by atoms with E-state index in [0.29, 0.717) is 21.7 Å². The Kier molecular flexibility index (Phi) is 7.47. The Bertz CT molecular complexity index is 1360. The van der Waals surface area contributed by atoms with Crippen LogP contribution < -0.4 is 20.7 Å². The summed E-state index contributed by atoms with van der Waals surface area (Å²) in [5.74, 6) is -1.21. The summed E-state index contributed by atoms with van der Waals surface area (Å²) in [6, 6.07) is 22.3. The third-order valence-corrected chi connectivity index (χ3v) is 7.13. The second kappa shape index (κ2) is 11.3. The van der Waals surface area contributed by atoms with Gasteiger partial charge in [-0.2, -0.15) is 0 Å². The van der Waals surface area contributed by atoms with Gasteiger partial charge >= 0.3 is 0 Å². The maximum absolute atomic E-state index is 12.7. The number of nitrogens with one attached hydrogen (secondary N) is 2. The van der Waals surface area contributed by atoms with Crippen LogP contribution in [0.25, 0.3) is 0 Å². The maximum Gasteiger partial charge on any atom is 0.290 e. The molecule has 38 heavy (non-hydrogen) atoms. The van der Waals surface area contributed by atoms with Crippen molar-refractivity contribution in [2.75, 3.05) is 21.3 Å². The summed E-state index contributed by atoms with van der Waals surface area (Å²) in [6.07, 6.45) is 0. The average molecular weight is 546 g/mol. The van der Waals surface area contributed by atoms with Crippen LogP contribution in [0.15, 0.2) is 89.1 Å². The first-order chi connectivity index (χ1) is 18.5. The summed E-state index contributed by atoms with van der Waals surface area (Å²) in [4.78, 5) is 57.0. The van der Waals surface area contributed by atoms with Gasteiger partial charge in [-0.15, -0.1) is 10.2 Å². The van der Waals surface area contributed by atoms with E-state index in [-0.39, 0.29) is 34.7 Å². The lowest BCUT2D eigenvalue weighted by Crippen LogP contribution is -2.32. The zero-order valence-electron chi connectivity index (χ0n) is 19.6. The van der Waals surface area contributed by atoms with E-state index in [1.165, 1.54) is 51.5 Å². The summed E-state index contributed by atoms with van der Waals surface area (Å²) < 4.78 is 0. The number of aromatic nitrogens is 1. The van der Waals surface area contributed by atoms with Gasteiger partial charge in [0.25, 0.3) is 11.8 Å². The molecule has 4 amide bonds. The molecule has 3 heterocycles. The van der Waals surface area contributed by atoms with Crippen LogP contribution in [0, 0.1) is 0 Å². The number of benzene rings is 2. The van der Waals surface area contributed by atoms with E-state index in [0.717, 1.165) is 0 Å². The number of carbonyl (C=O) groups excluding carboxylic acids is 4. The molecule has 13 heteroatoms. The van der Waals surface area contributed by atoms with Gasteiger partial charge in [-0.3, -0.25) is 29.0 Å². The number of para-hydroxylation sites is 2. The van der Waals surface area contributed by atoms with Crippen molar-refractivity contribution in [3.63, 3.8) is 0 Å². The smallest absolute Gasteiger partial charge is 0.273 e. The van der Waals surface area contributed by atoms with Crippen molar-refractivity contribution in [1.29, 1.82) is 0 Å². The highest BCUT2D eigenvalue weighted by Crippen LogP contribution is 2.27. The van der Waals surface area contributed by atoms with Gasteiger partial charge < -0.3 is 0 Å². The van der Waals surface area contributed by atoms with Crippen LogP contribution in [0.5, 0.6) is 0 Å². The topological polar surface area (TPSA) is 136 Å². The lowest BCUT2D eigenvalue weighted by Gasteiger charge is -2.15. The number of pyridine rings is 1. The molecule has 2 fully saturated rings. The van der Waals surface area contributed by atoms with Gasteiger partial charge in [0.15, 0.2) is 10.3 Å². The highest BCUT2D eigenvalue weighted by atomic mass is 32.2. The van der Waals surface area contributed by atoms with Gasteiger partial charge in [0, 0.05) is 0 Å². The molecule has 2 aliphatic heterocycles. The lowest BCUT2D eigenvalue weighted by atomic mass is 10.3. The van der Waals surface area contributed by atoms with Crippen molar-refractivity contribution < 1.29 is 19.2 Å².